The van der Waals surface area contributed by atoms with E-state index in [9.17, 15) is 4.79 Å². The van der Waals surface area contributed by atoms with Crippen LogP contribution >= 0.6 is 11.3 Å². The molecule has 0 unspecified atom stereocenters. The van der Waals surface area contributed by atoms with Crippen LogP contribution in [0, 0.1) is 5.92 Å². The number of aromatic nitrogens is 5. The van der Waals surface area contributed by atoms with Crippen LogP contribution in [0.3, 0.4) is 0 Å². The highest BCUT2D eigenvalue weighted by molar-refractivity contribution is 7.13. The fourth-order valence-electron chi connectivity index (χ4n) is 1.96. The molecule has 2 aromatic heterocycles. The molecule has 25 heavy (non-hydrogen) atoms. The molecule has 0 aliphatic heterocycles. The first kappa shape index (κ1) is 17.0. The number of benzene rings is 1. The second-order valence-corrected chi connectivity index (χ2v) is 6.65. The van der Waals surface area contributed by atoms with Gasteiger partial charge in [-0.25, -0.2) is 4.98 Å². The topological polar surface area (TPSA) is 94.8 Å². The Morgan fingerprint density at radius 1 is 1.32 bits per heavy atom. The molecule has 0 bridgehead atoms. The number of nitrogens with one attached hydrogen (secondary N) is 1. The molecular weight excluding hydrogens is 340 g/mol. The molecule has 0 aliphatic rings. The van der Waals surface area contributed by atoms with Crippen LogP contribution in [0.2, 0.25) is 0 Å². The summed E-state index contributed by atoms with van der Waals surface area (Å²) >= 11 is 1.35. The van der Waals surface area contributed by atoms with Crippen molar-refractivity contribution in [2.75, 3.05) is 11.9 Å². The maximum Gasteiger partial charge on any atom is 0.249 e. The van der Waals surface area contributed by atoms with Crippen LogP contribution in [-0.4, -0.2) is 37.7 Å². The van der Waals surface area contributed by atoms with E-state index in [4.69, 9.17) is 4.74 Å². The number of hydrogen-bond acceptors (Lipinski definition) is 7. The monoisotopic (exact) mass is 358 g/mol. The van der Waals surface area contributed by atoms with Gasteiger partial charge in [-0.3, -0.25) is 4.79 Å². The molecule has 0 atom stereocenters. The predicted molar refractivity (Wildman–Crippen MR) is 94.3 cm³/mol. The van der Waals surface area contributed by atoms with Gasteiger partial charge >= 0.3 is 0 Å². The Hall–Kier alpha value is -2.81. The summed E-state index contributed by atoms with van der Waals surface area (Å²) in [6.07, 6.45) is 1.63. The minimum Gasteiger partial charge on any atom is -0.493 e. The fourth-order valence-corrected chi connectivity index (χ4v) is 2.51. The van der Waals surface area contributed by atoms with E-state index in [2.05, 4.69) is 39.6 Å². The van der Waals surface area contributed by atoms with E-state index in [1.807, 2.05) is 24.3 Å². The van der Waals surface area contributed by atoms with Gasteiger partial charge < -0.3 is 10.1 Å². The van der Waals surface area contributed by atoms with Gasteiger partial charge in [0.25, 0.3) is 0 Å². The number of ether oxygens (including phenoxy) is 1. The van der Waals surface area contributed by atoms with Crippen molar-refractivity contribution in [1.29, 1.82) is 0 Å². The van der Waals surface area contributed by atoms with E-state index in [-0.39, 0.29) is 12.5 Å². The van der Waals surface area contributed by atoms with E-state index < -0.39 is 0 Å². The lowest BCUT2D eigenvalue weighted by molar-refractivity contribution is -0.117. The largest absolute Gasteiger partial charge is 0.493 e. The molecule has 1 aromatic carbocycles. The quantitative estimate of drug-likeness (QED) is 0.697. The van der Waals surface area contributed by atoms with Gasteiger partial charge in [0.2, 0.25) is 11.7 Å². The SMILES string of the molecule is CC(C)COc1ccc(-c2nnn(CC(=O)Nc3nccs3)n2)cc1. The molecule has 1 N–H and O–H groups in total. The highest BCUT2D eigenvalue weighted by Gasteiger charge is 2.10. The summed E-state index contributed by atoms with van der Waals surface area (Å²) < 4.78 is 5.65. The average molecular weight is 358 g/mol. The first-order valence-electron chi connectivity index (χ1n) is 7.80. The Balaban J connectivity index is 1.60. The number of anilines is 1. The Labute approximate surface area is 148 Å². The zero-order valence-electron chi connectivity index (χ0n) is 13.9. The van der Waals surface area contributed by atoms with E-state index in [0.29, 0.717) is 23.5 Å². The van der Waals surface area contributed by atoms with Crippen molar-refractivity contribution in [2.45, 2.75) is 20.4 Å². The molecular formula is C16H18N6O2S. The number of nitrogens with zero attached hydrogens (tertiary/aromatic N) is 5. The van der Waals surface area contributed by atoms with Gasteiger partial charge in [-0.2, -0.15) is 4.80 Å². The summed E-state index contributed by atoms with van der Waals surface area (Å²) in [5, 5.41) is 17.1. The van der Waals surface area contributed by atoms with Gasteiger partial charge in [-0.05, 0) is 35.4 Å². The van der Waals surface area contributed by atoms with E-state index in [0.717, 1.165) is 11.3 Å². The minimum absolute atomic E-state index is 0.0256. The van der Waals surface area contributed by atoms with Crippen molar-refractivity contribution in [2.24, 2.45) is 5.92 Å². The Morgan fingerprint density at radius 3 is 2.80 bits per heavy atom. The summed E-state index contributed by atoms with van der Waals surface area (Å²) in [7, 11) is 0. The molecule has 0 aliphatic carbocycles. The number of carbonyl (C=O) groups is 1. The van der Waals surface area contributed by atoms with Crippen molar-refractivity contribution in [3.63, 3.8) is 0 Å². The lowest BCUT2D eigenvalue weighted by atomic mass is 10.2. The summed E-state index contributed by atoms with van der Waals surface area (Å²) in [6.45, 7) is 4.84. The van der Waals surface area contributed by atoms with Crippen LogP contribution in [0.15, 0.2) is 35.8 Å². The minimum atomic E-state index is -0.253. The lowest BCUT2D eigenvalue weighted by Crippen LogP contribution is -2.20. The second-order valence-electron chi connectivity index (χ2n) is 5.76. The van der Waals surface area contributed by atoms with Crippen LogP contribution in [0.5, 0.6) is 5.75 Å². The Morgan fingerprint density at radius 2 is 2.12 bits per heavy atom. The summed E-state index contributed by atoms with van der Waals surface area (Å²) in [5.41, 5.74) is 0.809. The summed E-state index contributed by atoms with van der Waals surface area (Å²) in [6, 6.07) is 7.47. The van der Waals surface area contributed by atoms with E-state index >= 15 is 0 Å². The molecule has 0 spiro atoms. The number of hydrogen-bond donors (Lipinski definition) is 1. The number of rotatable bonds is 7. The summed E-state index contributed by atoms with van der Waals surface area (Å²) in [5.74, 6) is 1.47. The molecule has 0 saturated carbocycles. The van der Waals surface area contributed by atoms with Crippen LogP contribution in [0.25, 0.3) is 11.4 Å². The summed E-state index contributed by atoms with van der Waals surface area (Å²) in [4.78, 5) is 17.2. The molecule has 3 aromatic rings. The van der Waals surface area contributed by atoms with Crippen LogP contribution in [0.1, 0.15) is 13.8 Å². The van der Waals surface area contributed by atoms with E-state index in [1.165, 1.54) is 16.1 Å². The number of tetrazole rings is 1. The van der Waals surface area contributed by atoms with Crippen molar-refractivity contribution in [3.05, 3.63) is 35.8 Å². The third-order valence-electron chi connectivity index (χ3n) is 3.11. The molecule has 3 rings (SSSR count). The first-order valence-corrected chi connectivity index (χ1v) is 8.68. The van der Waals surface area contributed by atoms with Gasteiger partial charge in [0, 0.05) is 17.1 Å². The number of amides is 1. The van der Waals surface area contributed by atoms with Crippen molar-refractivity contribution < 1.29 is 9.53 Å². The zero-order valence-corrected chi connectivity index (χ0v) is 14.7. The molecule has 130 valence electrons. The smallest absolute Gasteiger partial charge is 0.249 e. The van der Waals surface area contributed by atoms with Crippen LogP contribution in [0.4, 0.5) is 5.13 Å². The second kappa shape index (κ2) is 7.84. The number of thiazole rings is 1. The zero-order chi connectivity index (χ0) is 17.6. The van der Waals surface area contributed by atoms with Crippen molar-refractivity contribution in [3.8, 4) is 17.1 Å². The molecule has 9 heteroatoms. The average Bonchev–Trinajstić information content (AvgIpc) is 3.25. The molecule has 0 fully saturated rings. The first-order chi connectivity index (χ1) is 12.1. The highest BCUT2D eigenvalue weighted by atomic mass is 32.1. The fraction of sp³-hybridized carbons (Fsp3) is 0.312. The predicted octanol–water partition coefficient (Wildman–Crippen LogP) is 2.47. The highest BCUT2D eigenvalue weighted by Crippen LogP contribution is 2.19. The normalized spacial score (nSPS) is 10.8. The Bertz CT molecular complexity index is 814. The van der Waals surface area contributed by atoms with E-state index in [1.54, 1.807) is 11.6 Å². The van der Waals surface area contributed by atoms with Crippen molar-refractivity contribution >= 4 is 22.4 Å². The van der Waals surface area contributed by atoms with Crippen LogP contribution in [-0.2, 0) is 11.3 Å². The molecule has 1 amide bonds. The van der Waals surface area contributed by atoms with Gasteiger partial charge in [0.15, 0.2) is 5.13 Å². The molecule has 2 heterocycles. The lowest BCUT2D eigenvalue weighted by Gasteiger charge is -2.08. The van der Waals surface area contributed by atoms with Gasteiger partial charge in [0.1, 0.15) is 12.3 Å². The van der Waals surface area contributed by atoms with Crippen molar-refractivity contribution in [1.82, 2.24) is 25.2 Å². The standard InChI is InChI=1S/C16H18N6O2S/c1-11(2)10-24-13-5-3-12(4-6-13)15-19-21-22(20-15)9-14(23)18-16-17-7-8-25-16/h3-8,11H,9-10H2,1-2H3,(H,17,18,23). The molecule has 0 radical (unpaired) electrons. The third-order valence-corrected chi connectivity index (χ3v) is 3.80. The molecule has 0 saturated heterocycles. The third kappa shape index (κ3) is 4.83. The maximum absolute atomic E-state index is 11.9. The van der Waals surface area contributed by atoms with Gasteiger partial charge in [0.05, 0.1) is 6.61 Å². The molecule has 8 nitrogen and oxygen atoms in total. The Kier molecular flexibility index (Phi) is 5.34. The van der Waals surface area contributed by atoms with Crippen LogP contribution < -0.4 is 10.1 Å². The van der Waals surface area contributed by atoms with Gasteiger partial charge in [-0.1, -0.05) is 13.8 Å². The number of carbonyl (C=O) groups excluding carboxylic acids is 1. The van der Waals surface area contributed by atoms with Gasteiger partial charge in [-0.15, -0.1) is 21.5 Å². The maximum atomic E-state index is 11.9.